The monoisotopic (exact) mass is 270 g/mol. The van der Waals surface area contributed by atoms with E-state index in [4.69, 9.17) is 5.73 Å². The number of nitrogen functional groups attached to an aromatic ring is 1. The number of nitrogens with one attached hydrogen (secondary N) is 1. The van der Waals surface area contributed by atoms with Gasteiger partial charge in [-0.25, -0.2) is 0 Å². The first-order valence-electron chi connectivity index (χ1n) is 6.32. The predicted octanol–water partition coefficient (Wildman–Crippen LogP) is 1.98. The second-order valence-electron chi connectivity index (χ2n) is 4.72. The molecule has 0 saturated heterocycles. The summed E-state index contributed by atoms with van der Waals surface area (Å²) in [7, 11) is 3.45. The Morgan fingerprint density at radius 1 is 1.35 bits per heavy atom. The van der Waals surface area contributed by atoms with E-state index in [2.05, 4.69) is 10.3 Å². The highest BCUT2D eigenvalue weighted by Gasteiger charge is 2.10. The van der Waals surface area contributed by atoms with Crippen molar-refractivity contribution in [3.05, 3.63) is 53.9 Å². The van der Waals surface area contributed by atoms with Gasteiger partial charge in [-0.2, -0.15) is 0 Å². The number of nitrogens with two attached hydrogens (primary N) is 1. The standard InChI is InChI=1S/C15H18N4O/c1-19(2)15(20)12-5-6-13(16)14(8-12)18-10-11-4-3-7-17-9-11/h3-9,18H,10,16H2,1-2H3. The van der Waals surface area contributed by atoms with E-state index in [0.29, 0.717) is 17.8 Å². The fourth-order valence-electron chi connectivity index (χ4n) is 1.80. The number of carbonyl (C=O) groups excluding carboxylic acids is 1. The molecule has 1 aromatic carbocycles. The number of aromatic nitrogens is 1. The highest BCUT2D eigenvalue weighted by molar-refractivity contribution is 5.95. The van der Waals surface area contributed by atoms with E-state index in [-0.39, 0.29) is 5.91 Å². The molecule has 3 N–H and O–H groups in total. The third-order valence-electron chi connectivity index (χ3n) is 2.91. The Hall–Kier alpha value is -2.56. The van der Waals surface area contributed by atoms with Crippen LogP contribution in [0.3, 0.4) is 0 Å². The topological polar surface area (TPSA) is 71.2 Å². The van der Waals surface area contributed by atoms with Gasteiger partial charge >= 0.3 is 0 Å². The average molecular weight is 270 g/mol. The molecule has 0 bridgehead atoms. The van der Waals surface area contributed by atoms with Crippen LogP contribution in [0.1, 0.15) is 15.9 Å². The number of amides is 1. The van der Waals surface area contributed by atoms with E-state index in [0.717, 1.165) is 11.3 Å². The zero-order valence-electron chi connectivity index (χ0n) is 11.6. The molecular weight excluding hydrogens is 252 g/mol. The maximum Gasteiger partial charge on any atom is 0.253 e. The fourth-order valence-corrected chi connectivity index (χ4v) is 1.80. The molecule has 2 aromatic rings. The maximum absolute atomic E-state index is 11.9. The second kappa shape index (κ2) is 6.06. The quantitative estimate of drug-likeness (QED) is 0.833. The van der Waals surface area contributed by atoms with Crippen molar-refractivity contribution in [2.24, 2.45) is 0 Å². The van der Waals surface area contributed by atoms with Crippen molar-refractivity contribution in [2.75, 3.05) is 25.1 Å². The Morgan fingerprint density at radius 2 is 2.15 bits per heavy atom. The zero-order valence-corrected chi connectivity index (χ0v) is 11.6. The van der Waals surface area contributed by atoms with Crippen LogP contribution in [0.5, 0.6) is 0 Å². The van der Waals surface area contributed by atoms with Gasteiger partial charge in [-0.15, -0.1) is 0 Å². The average Bonchev–Trinajstić information content (AvgIpc) is 2.46. The SMILES string of the molecule is CN(C)C(=O)c1ccc(N)c(NCc2cccnc2)c1. The molecule has 0 aliphatic heterocycles. The summed E-state index contributed by atoms with van der Waals surface area (Å²) in [4.78, 5) is 17.5. The summed E-state index contributed by atoms with van der Waals surface area (Å²) in [5.74, 6) is -0.0468. The molecule has 0 aliphatic carbocycles. The van der Waals surface area contributed by atoms with Gasteiger partial charge in [-0.1, -0.05) is 6.07 Å². The van der Waals surface area contributed by atoms with Crippen molar-refractivity contribution in [3.8, 4) is 0 Å². The molecule has 1 heterocycles. The number of rotatable bonds is 4. The van der Waals surface area contributed by atoms with Crippen LogP contribution in [0, 0.1) is 0 Å². The Bertz CT molecular complexity index is 596. The third kappa shape index (κ3) is 3.26. The molecule has 0 unspecified atom stereocenters. The number of anilines is 2. The van der Waals surface area contributed by atoms with E-state index in [1.54, 1.807) is 44.7 Å². The van der Waals surface area contributed by atoms with Crippen LogP contribution in [0.15, 0.2) is 42.7 Å². The number of pyridine rings is 1. The highest BCUT2D eigenvalue weighted by Crippen LogP contribution is 2.21. The van der Waals surface area contributed by atoms with Crippen LogP contribution in [0.4, 0.5) is 11.4 Å². The van der Waals surface area contributed by atoms with Crippen molar-refractivity contribution in [1.29, 1.82) is 0 Å². The molecule has 0 radical (unpaired) electrons. The van der Waals surface area contributed by atoms with Crippen molar-refractivity contribution >= 4 is 17.3 Å². The number of hydrogen-bond donors (Lipinski definition) is 2. The first kappa shape index (κ1) is 13.9. The molecule has 0 fully saturated rings. The van der Waals surface area contributed by atoms with Gasteiger partial charge in [0.2, 0.25) is 0 Å². The summed E-state index contributed by atoms with van der Waals surface area (Å²) in [6, 6.07) is 9.10. The molecule has 2 rings (SSSR count). The largest absolute Gasteiger partial charge is 0.397 e. The van der Waals surface area contributed by atoms with Gasteiger partial charge < -0.3 is 16.0 Å². The normalized spacial score (nSPS) is 10.1. The minimum absolute atomic E-state index is 0.0468. The molecule has 20 heavy (non-hydrogen) atoms. The molecule has 1 amide bonds. The first-order valence-corrected chi connectivity index (χ1v) is 6.32. The first-order chi connectivity index (χ1) is 9.58. The van der Waals surface area contributed by atoms with Crippen LogP contribution in [-0.2, 0) is 6.54 Å². The Labute approximate surface area is 118 Å². The molecule has 5 nitrogen and oxygen atoms in total. The summed E-state index contributed by atoms with van der Waals surface area (Å²) < 4.78 is 0. The lowest BCUT2D eigenvalue weighted by Gasteiger charge is -2.14. The van der Waals surface area contributed by atoms with Crippen LogP contribution in [0.2, 0.25) is 0 Å². The highest BCUT2D eigenvalue weighted by atomic mass is 16.2. The van der Waals surface area contributed by atoms with Crippen molar-refractivity contribution in [3.63, 3.8) is 0 Å². The van der Waals surface area contributed by atoms with Gasteiger partial charge in [-0.3, -0.25) is 9.78 Å². The van der Waals surface area contributed by atoms with E-state index in [9.17, 15) is 4.79 Å². The van der Waals surface area contributed by atoms with E-state index < -0.39 is 0 Å². The minimum atomic E-state index is -0.0468. The zero-order chi connectivity index (χ0) is 14.5. The van der Waals surface area contributed by atoms with Crippen molar-refractivity contribution < 1.29 is 4.79 Å². The van der Waals surface area contributed by atoms with Gasteiger partial charge in [0.15, 0.2) is 0 Å². The summed E-state index contributed by atoms with van der Waals surface area (Å²) in [6.07, 6.45) is 3.52. The lowest BCUT2D eigenvalue weighted by Crippen LogP contribution is -2.21. The van der Waals surface area contributed by atoms with Crippen LogP contribution < -0.4 is 11.1 Å². The lowest BCUT2D eigenvalue weighted by molar-refractivity contribution is 0.0827. The van der Waals surface area contributed by atoms with Gasteiger partial charge in [-0.05, 0) is 29.8 Å². The summed E-state index contributed by atoms with van der Waals surface area (Å²) in [5.41, 5.74) is 8.95. The predicted molar refractivity (Wildman–Crippen MR) is 80.4 cm³/mol. The van der Waals surface area contributed by atoms with Gasteiger partial charge in [0, 0.05) is 38.6 Å². The van der Waals surface area contributed by atoms with Crippen LogP contribution in [0.25, 0.3) is 0 Å². The van der Waals surface area contributed by atoms with Gasteiger partial charge in [0.25, 0.3) is 5.91 Å². The van der Waals surface area contributed by atoms with E-state index >= 15 is 0 Å². The smallest absolute Gasteiger partial charge is 0.253 e. The molecule has 5 heteroatoms. The minimum Gasteiger partial charge on any atom is -0.397 e. The number of benzene rings is 1. The maximum atomic E-state index is 11.9. The number of nitrogens with zero attached hydrogens (tertiary/aromatic N) is 2. The fraction of sp³-hybridized carbons (Fsp3) is 0.200. The molecule has 0 aliphatic rings. The summed E-state index contributed by atoms with van der Waals surface area (Å²) >= 11 is 0. The number of carbonyl (C=O) groups is 1. The van der Waals surface area contributed by atoms with Gasteiger partial charge in [0.05, 0.1) is 11.4 Å². The molecular formula is C15H18N4O. The van der Waals surface area contributed by atoms with Crippen molar-refractivity contribution in [2.45, 2.75) is 6.54 Å². The second-order valence-corrected chi connectivity index (χ2v) is 4.72. The van der Waals surface area contributed by atoms with E-state index in [1.165, 1.54) is 4.90 Å². The summed E-state index contributed by atoms with van der Waals surface area (Å²) in [5, 5.41) is 3.23. The third-order valence-corrected chi connectivity index (χ3v) is 2.91. The van der Waals surface area contributed by atoms with Gasteiger partial charge in [0.1, 0.15) is 0 Å². The van der Waals surface area contributed by atoms with E-state index in [1.807, 2.05) is 12.1 Å². The molecule has 104 valence electrons. The molecule has 0 atom stereocenters. The summed E-state index contributed by atoms with van der Waals surface area (Å²) in [6.45, 7) is 0.609. The van der Waals surface area contributed by atoms with Crippen molar-refractivity contribution in [1.82, 2.24) is 9.88 Å². The number of hydrogen-bond acceptors (Lipinski definition) is 4. The Morgan fingerprint density at radius 3 is 2.80 bits per heavy atom. The Balaban J connectivity index is 2.15. The van der Waals surface area contributed by atoms with Crippen LogP contribution >= 0.6 is 0 Å². The molecule has 0 saturated carbocycles. The molecule has 1 aromatic heterocycles. The van der Waals surface area contributed by atoms with Crippen LogP contribution in [-0.4, -0.2) is 29.9 Å². The molecule has 0 spiro atoms. The lowest BCUT2D eigenvalue weighted by atomic mass is 10.1. The Kier molecular flexibility index (Phi) is 4.20.